The van der Waals surface area contributed by atoms with Gasteiger partial charge in [0.2, 0.25) is 0 Å². The van der Waals surface area contributed by atoms with Crippen molar-refractivity contribution >= 4 is 11.0 Å². The van der Waals surface area contributed by atoms with E-state index in [-0.39, 0.29) is 5.82 Å². The van der Waals surface area contributed by atoms with Crippen molar-refractivity contribution < 1.29 is 13.5 Å². The van der Waals surface area contributed by atoms with E-state index in [4.69, 9.17) is 9.15 Å². The minimum atomic E-state index is -0.239. The highest BCUT2D eigenvalue weighted by atomic mass is 19.1. The van der Waals surface area contributed by atoms with Crippen LogP contribution < -0.4 is 10.1 Å². The number of rotatable bonds is 7. The summed E-state index contributed by atoms with van der Waals surface area (Å²) in [6, 6.07) is 16.2. The second-order valence-corrected chi connectivity index (χ2v) is 6.23. The SMILES string of the molecule is Fc1ccc(-c2cncc(CNCCOc3ccc4occc4c3)c2)cc1. The lowest BCUT2D eigenvalue weighted by atomic mass is 10.1. The highest BCUT2D eigenvalue weighted by Crippen LogP contribution is 2.22. The molecule has 4 aromatic rings. The topological polar surface area (TPSA) is 47.3 Å². The Balaban J connectivity index is 1.27. The first kappa shape index (κ1) is 17.2. The summed E-state index contributed by atoms with van der Waals surface area (Å²) in [5, 5.41) is 4.38. The fourth-order valence-corrected chi connectivity index (χ4v) is 2.89. The number of hydrogen-bond acceptors (Lipinski definition) is 4. The maximum absolute atomic E-state index is 13.1. The lowest BCUT2D eigenvalue weighted by molar-refractivity contribution is 0.314. The summed E-state index contributed by atoms with van der Waals surface area (Å²) in [6.45, 7) is 1.96. The molecule has 136 valence electrons. The van der Waals surface area contributed by atoms with Crippen LogP contribution >= 0.6 is 0 Å². The van der Waals surface area contributed by atoms with E-state index in [1.807, 2.05) is 30.5 Å². The first-order valence-electron chi connectivity index (χ1n) is 8.78. The summed E-state index contributed by atoms with van der Waals surface area (Å²) in [4.78, 5) is 4.28. The fraction of sp³-hybridized carbons (Fsp3) is 0.136. The molecule has 0 aliphatic rings. The third-order valence-corrected chi connectivity index (χ3v) is 4.27. The molecule has 2 aromatic carbocycles. The van der Waals surface area contributed by atoms with Crippen LogP contribution in [0.25, 0.3) is 22.1 Å². The molecule has 2 aromatic heterocycles. The van der Waals surface area contributed by atoms with Crippen LogP contribution in [0.4, 0.5) is 4.39 Å². The second-order valence-electron chi connectivity index (χ2n) is 6.23. The lowest BCUT2D eigenvalue weighted by Crippen LogP contribution is -2.20. The van der Waals surface area contributed by atoms with Gasteiger partial charge in [0.05, 0.1) is 6.26 Å². The second kappa shape index (κ2) is 8.01. The molecule has 1 N–H and O–H groups in total. The predicted octanol–water partition coefficient (Wildman–Crippen LogP) is 4.80. The third kappa shape index (κ3) is 4.33. The predicted molar refractivity (Wildman–Crippen MR) is 103 cm³/mol. The minimum Gasteiger partial charge on any atom is -0.492 e. The van der Waals surface area contributed by atoms with Gasteiger partial charge in [0, 0.05) is 36.4 Å². The van der Waals surface area contributed by atoms with Crippen LogP contribution in [0.3, 0.4) is 0 Å². The van der Waals surface area contributed by atoms with Gasteiger partial charge in [0.15, 0.2) is 0 Å². The lowest BCUT2D eigenvalue weighted by Gasteiger charge is -2.09. The molecule has 5 heteroatoms. The summed E-state index contributed by atoms with van der Waals surface area (Å²) < 4.78 is 24.2. The van der Waals surface area contributed by atoms with E-state index < -0.39 is 0 Å². The van der Waals surface area contributed by atoms with Crippen LogP contribution in [0.5, 0.6) is 5.75 Å². The van der Waals surface area contributed by atoms with Gasteiger partial charge < -0.3 is 14.5 Å². The van der Waals surface area contributed by atoms with Crippen molar-refractivity contribution in [2.75, 3.05) is 13.2 Å². The van der Waals surface area contributed by atoms with E-state index in [0.29, 0.717) is 19.7 Å². The van der Waals surface area contributed by atoms with Gasteiger partial charge in [0.25, 0.3) is 0 Å². The first-order chi connectivity index (χ1) is 13.3. The van der Waals surface area contributed by atoms with Crippen LogP contribution in [0.15, 0.2) is 77.7 Å². The van der Waals surface area contributed by atoms with Gasteiger partial charge in [-0.3, -0.25) is 4.98 Å². The molecule has 0 fully saturated rings. The number of furan rings is 1. The summed E-state index contributed by atoms with van der Waals surface area (Å²) in [6.07, 6.45) is 5.28. The average molecular weight is 362 g/mol. The molecule has 2 heterocycles. The van der Waals surface area contributed by atoms with Gasteiger partial charge in [-0.2, -0.15) is 0 Å². The molecule has 27 heavy (non-hydrogen) atoms. The number of benzene rings is 2. The number of halogens is 1. The van der Waals surface area contributed by atoms with Gasteiger partial charge in [-0.25, -0.2) is 4.39 Å². The Hall–Kier alpha value is -3.18. The Bertz CT molecular complexity index is 1030. The summed E-state index contributed by atoms with van der Waals surface area (Å²) >= 11 is 0. The van der Waals surface area contributed by atoms with Gasteiger partial charge in [-0.15, -0.1) is 0 Å². The van der Waals surface area contributed by atoms with Gasteiger partial charge in [-0.05, 0) is 53.6 Å². The molecular formula is C22H19FN2O2. The van der Waals surface area contributed by atoms with E-state index in [0.717, 1.165) is 33.4 Å². The number of nitrogens with zero attached hydrogens (tertiary/aromatic N) is 1. The zero-order valence-corrected chi connectivity index (χ0v) is 14.7. The number of pyridine rings is 1. The van der Waals surface area contributed by atoms with Gasteiger partial charge in [-0.1, -0.05) is 12.1 Å². The third-order valence-electron chi connectivity index (χ3n) is 4.27. The number of ether oxygens (including phenoxy) is 1. The molecule has 0 spiro atoms. The van der Waals surface area contributed by atoms with Crippen LogP contribution in [-0.4, -0.2) is 18.1 Å². The van der Waals surface area contributed by atoms with Crippen LogP contribution in [0, 0.1) is 5.82 Å². The summed E-state index contributed by atoms with van der Waals surface area (Å²) in [7, 11) is 0. The smallest absolute Gasteiger partial charge is 0.134 e. The number of aromatic nitrogens is 1. The maximum atomic E-state index is 13.1. The fourth-order valence-electron chi connectivity index (χ4n) is 2.89. The Labute approximate surface area is 156 Å². The first-order valence-corrected chi connectivity index (χ1v) is 8.78. The molecule has 0 radical (unpaired) electrons. The Kier molecular flexibility index (Phi) is 5.12. The molecule has 0 saturated carbocycles. The molecule has 0 aliphatic heterocycles. The molecule has 0 amide bonds. The molecule has 0 bridgehead atoms. The number of nitrogens with one attached hydrogen (secondary N) is 1. The largest absolute Gasteiger partial charge is 0.492 e. The average Bonchev–Trinajstić information content (AvgIpc) is 3.16. The van der Waals surface area contributed by atoms with E-state index in [1.165, 1.54) is 12.1 Å². The molecule has 0 atom stereocenters. The van der Waals surface area contributed by atoms with Crippen molar-refractivity contribution in [3.8, 4) is 16.9 Å². The van der Waals surface area contributed by atoms with E-state index in [1.54, 1.807) is 24.6 Å². The van der Waals surface area contributed by atoms with Crippen LogP contribution in [0.2, 0.25) is 0 Å². The van der Waals surface area contributed by atoms with Crippen molar-refractivity contribution in [2.24, 2.45) is 0 Å². The van der Waals surface area contributed by atoms with Crippen molar-refractivity contribution in [2.45, 2.75) is 6.54 Å². The summed E-state index contributed by atoms with van der Waals surface area (Å²) in [5.41, 5.74) is 3.84. The Morgan fingerprint density at radius 1 is 0.963 bits per heavy atom. The van der Waals surface area contributed by atoms with Crippen molar-refractivity contribution in [1.82, 2.24) is 10.3 Å². The molecule has 0 aliphatic carbocycles. The van der Waals surface area contributed by atoms with Crippen LogP contribution in [-0.2, 0) is 6.54 Å². The highest BCUT2D eigenvalue weighted by molar-refractivity contribution is 5.78. The Morgan fingerprint density at radius 2 is 1.85 bits per heavy atom. The van der Waals surface area contributed by atoms with E-state index in [2.05, 4.69) is 16.4 Å². The standard InChI is InChI=1S/C22H19FN2O2/c23-20-3-1-17(2-4-20)19-11-16(14-25-15-19)13-24-8-10-26-21-5-6-22-18(12-21)7-9-27-22/h1-7,9,11-12,14-15,24H,8,10,13H2. The monoisotopic (exact) mass is 362 g/mol. The maximum Gasteiger partial charge on any atom is 0.134 e. The van der Waals surface area contributed by atoms with Crippen molar-refractivity contribution in [3.05, 3.63) is 84.6 Å². The normalized spacial score (nSPS) is 11.0. The molecule has 4 rings (SSSR count). The number of fused-ring (bicyclic) bond motifs is 1. The van der Waals surface area contributed by atoms with Gasteiger partial charge >= 0.3 is 0 Å². The van der Waals surface area contributed by atoms with Crippen molar-refractivity contribution in [1.29, 1.82) is 0 Å². The Morgan fingerprint density at radius 3 is 2.74 bits per heavy atom. The van der Waals surface area contributed by atoms with E-state index >= 15 is 0 Å². The minimum absolute atomic E-state index is 0.239. The molecule has 4 nitrogen and oxygen atoms in total. The zero-order valence-electron chi connectivity index (χ0n) is 14.7. The highest BCUT2D eigenvalue weighted by Gasteiger charge is 2.02. The number of hydrogen-bond donors (Lipinski definition) is 1. The van der Waals surface area contributed by atoms with E-state index in [9.17, 15) is 4.39 Å². The van der Waals surface area contributed by atoms with Crippen LogP contribution in [0.1, 0.15) is 5.56 Å². The molecular weight excluding hydrogens is 343 g/mol. The quantitative estimate of drug-likeness (QED) is 0.480. The zero-order chi connectivity index (χ0) is 18.5. The summed E-state index contributed by atoms with van der Waals surface area (Å²) in [5.74, 6) is 0.585. The molecule has 0 unspecified atom stereocenters. The van der Waals surface area contributed by atoms with Gasteiger partial charge in [0.1, 0.15) is 23.8 Å². The van der Waals surface area contributed by atoms with Crippen molar-refractivity contribution in [3.63, 3.8) is 0 Å². The molecule has 0 saturated heterocycles.